The van der Waals surface area contributed by atoms with Crippen molar-refractivity contribution in [1.29, 1.82) is 0 Å². The lowest BCUT2D eigenvalue weighted by Gasteiger charge is -2.16. The lowest BCUT2D eigenvalue weighted by Crippen LogP contribution is -2.37. The van der Waals surface area contributed by atoms with E-state index in [4.69, 9.17) is 5.11 Å². The summed E-state index contributed by atoms with van der Waals surface area (Å²) in [7, 11) is 0. The molecule has 0 bridgehead atoms. The molecule has 1 rings (SSSR count). The summed E-state index contributed by atoms with van der Waals surface area (Å²) < 4.78 is 0. The molecule has 0 heterocycles. The Labute approximate surface area is 126 Å². The molecule has 0 aliphatic carbocycles. The Hall–Kier alpha value is -1.00. The van der Waals surface area contributed by atoms with Crippen LogP contribution in [0, 0.1) is 13.8 Å². The van der Waals surface area contributed by atoms with Crippen LogP contribution in [0.15, 0.2) is 18.2 Å². The number of aliphatic hydroxyl groups excluding tert-OH is 1. The highest BCUT2D eigenvalue weighted by Gasteiger charge is 2.11. The first-order valence-corrected chi connectivity index (χ1v) is 8.41. The number of thioether (sulfide) groups is 1. The molecule has 112 valence electrons. The SMILES string of the molecule is CSC[C@H](CCO)NC(=O)CCc1ccc(C)cc1C. The van der Waals surface area contributed by atoms with Gasteiger partial charge in [0.05, 0.1) is 0 Å². The zero-order valence-corrected chi connectivity index (χ0v) is 13.4. The number of aliphatic hydroxyl groups is 1. The quantitative estimate of drug-likeness (QED) is 0.774. The molecular weight excluding hydrogens is 270 g/mol. The molecule has 1 aromatic rings. The second kappa shape index (κ2) is 9.03. The molecule has 3 nitrogen and oxygen atoms in total. The Morgan fingerprint density at radius 3 is 2.75 bits per heavy atom. The van der Waals surface area contributed by atoms with Crippen LogP contribution in [-0.4, -0.2) is 35.7 Å². The Kier molecular flexibility index (Phi) is 7.70. The summed E-state index contributed by atoms with van der Waals surface area (Å²) in [5.74, 6) is 0.910. The van der Waals surface area contributed by atoms with Gasteiger partial charge in [-0.15, -0.1) is 0 Å². The molecular formula is C16H25NO2S. The van der Waals surface area contributed by atoms with Gasteiger partial charge in [0.1, 0.15) is 0 Å². The van der Waals surface area contributed by atoms with E-state index < -0.39 is 0 Å². The summed E-state index contributed by atoms with van der Waals surface area (Å²) in [6.45, 7) is 4.27. The summed E-state index contributed by atoms with van der Waals surface area (Å²) in [6.07, 6.45) is 3.89. The number of benzene rings is 1. The molecule has 0 saturated heterocycles. The fourth-order valence-electron chi connectivity index (χ4n) is 2.23. The second-order valence-electron chi connectivity index (χ2n) is 5.16. The van der Waals surface area contributed by atoms with Gasteiger partial charge in [-0.3, -0.25) is 4.79 Å². The van der Waals surface area contributed by atoms with Crippen molar-refractivity contribution in [3.63, 3.8) is 0 Å². The maximum absolute atomic E-state index is 12.0. The molecule has 1 amide bonds. The van der Waals surface area contributed by atoms with Gasteiger partial charge in [0.25, 0.3) is 0 Å². The lowest BCUT2D eigenvalue weighted by atomic mass is 10.0. The number of carbonyl (C=O) groups is 1. The van der Waals surface area contributed by atoms with E-state index in [1.54, 1.807) is 11.8 Å². The molecule has 0 spiro atoms. The number of aryl methyl sites for hydroxylation is 3. The predicted molar refractivity (Wildman–Crippen MR) is 86.3 cm³/mol. The minimum atomic E-state index is 0.0671. The van der Waals surface area contributed by atoms with Crippen molar-refractivity contribution in [1.82, 2.24) is 5.32 Å². The van der Waals surface area contributed by atoms with Gasteiger partial charge in [-0.1, -0.05) is 23.8 Å². The molecule has 0 radical (unpaired) electrons. The monoisotopic (exact) mass is 295 g/mol. The Balaban J connectivity index is 2.45. The average molecular weight is 295 g/mol. The van der Waals surface area contributed by atoms with Crippen molar-refractivity contribution < 1.29 is 9.90 Å². The molecule has 1 aromatic carbocycles. The molecule has 20 heavy (non-hydrogen) atoms. The zero-order chi connectivity index (χ0) is 15.0. The van der Waals surface area contributed by atoms with Crippen LogP contribution in [0.1, 0.15) is 29.5 Å². The van der Waals surface area contributed by atoms with E-state index in [2.05, 4.69) is 37.4 Å². The highest BCUT2D eigenvalue weighted by molar-refractivity contribution is 7.98. The van der Waals surface area contributed by atoms with Crippen LogP contribution in [0.3, 0.4) is 0 Å². The summed E-state index contributed by atoms with van der Waals surface area (Å²) in [5, 5.41) is 12.0. The highest BCUT2D eigenvalue weighted by Crippen LogP contribution is 2.12. The van der Waals surface area contributed by atoms with Gasteiger partial charge < -0.3 is 10.4 Å². The molecule has 4 heteroatoms. The van der Waals surface area contributed by atoms with Crippen LogP contribution in [0.2, 0.25) is 0 Å². The fraction of sp³-hybridized carbons (Fsp3) is 0.562. The minimum absolute atomic E-state index is 0.0671. The third-order valence-electron chi connectivity index (χ3n) is 3.33. The van der Waals surface area contributed by atoms with Gasteiger partial charge in [0.2, 0.25) is 5.91 Å². The maximum atomic E-state index is 12.0. The van der Waals surface area contributed by atoms with Crippen molar-refractivity contribution >= 4 is 17.7 Å². The summed E-state index contributed by atoms with van der Waals surface area (Å²) in [4.78, 5) is 12.0. The summed E-state index contributed by atoms with van der Waals surface area (Å²) in [6, 6.07) is 6.41. The van der Waals surface area contributed by atoms with Crippen molar-refractivity contribution in [3.05, 3.63) is 34.9 Å². The smallest absolute Gasteiger partial charge is 0.220 e. The largest absolute Gasteiger partial charge is 0.396 e. The van der Waals surface area contributed by atoms with Crippen LogP contribution in [0.5, 0.6) is 0 Å². The fourth-order valence-corrected chi connectivity index (χ4v) is 2.88. The second-order valence-corrected chi connectivity index (χ2v) is 6.07. The lowest BCUT2D eigenvalue weighted by molar-refractivity contribution is -0.121. The maximum Gasteiger partial charge on any atom is 0.220 e. The first-order chi connectivity index (χ1) is 9.56. The van der Waals surface area contributed by atoms with E-state index in [0.717, 1.165) is 12.2 Å². The molecule has 1 atom stereocenters. The molecule has 2 N–H and O–H groups in total. The van der Waals surface area contributed by atoms with E-state index in [1.165, 1.54) is 16.7 Å². The summed E-state index contributed by atoms with van der Waals surface area (Å²) >= 11 is 1.68. The van der Waals surface area contributed by atoms with Gasteiger partial charge in [0.15, 0.2) is 0 Å². The van der Waals surface area contributed by atoms with Gasteiger partial charge in [-0.2, -0.15) is 11.8 Å². The Morgan fingerprint density at radius 1 is 1.40 bits per heavy atom. The summed E-state index contributed by atoms with van der Waals surface area (Å²) in [5.41, 5.74) is 3.72. The molecule has 0 aliphatic heterocycles. The van der Waals surface area contributed by atoms with Crippen molar-refractivity contribution in [3.8, 4) is 0 Å². The third kappa shape index (κ3) is 5.97. The zero-order valence-electron chi connectivity index (χ0n) is 12.6. The van der Waals surface area contributed by atoms with E-state index >= 15 is 0 Å². The average Bonchev–Trinajstić information content (AvgIpc) is 2.38. The van der Waals surface area contributed by atoms with Crippen LogP contribution in [0.4, 0.5) is 0 Å². The molecule has 0 aromatic heterocycles. The van der Waals surface area contributed by atoms with E-state index in [9.17, 15) is 4.79 Å². The molecule has 0 saturated carbocycles. The minimum Gasteiger partial charge on any atom is -0.396 e. The van der Waals surface area contributed by atoms with Crippen LogP contribution in [0.25, 0.3) is 0 Å². The van der Waals surface area contributed by atoms with Crippen LogP contribution in [-0.2, 0) is 11.2 Å². The Bertz CT molecular complexity index is 428. The first kappa shape index (κ1) is 17.1. The van der Waals surface area contributed by atoms with E-state index in [0.29, 0.717) is 12.8 Å². The normalized spacial score (nSPS) is 12.2. The molecule has 0 unspecified atom stereocenters. The number of hydrogen-bond donors (Lipinski definition) is 2. The van der Waals surface area contributed by atoms with Gasteiger partial charge >= 0.3 is 0 Å². The molecule has 0 fully saturated rings. The van der Waals surface area contributed by atoms with Gasteiger partial charge in [-0.25, -0.2) is 0 Å². The van der Waals surface area contributed by atoms with Gasteiger partial charge in [0, 0.05) is 24.8 Å². The van der Waals surface area contributed by atoms with E-state index in [-0.39, 0.29) is 18.6 Å². The van der Waals surface area contributed by atoms with Gasteiger partial charge in [-0.05, 0) is 44.1 Å². The predicted octanol–water partition coefficient (Wildman–Crippen LogP) is 2.47. The van der Waals surface area contributed by atoms with E-state index in [1.807, 2.05) is 6.26 Å². The first-order valence-electron chi connectivity index (χ1n) is 7.02. The van der Waals surface area contributed by atoms with Crippen molar-refractivity contribution in [2.75, 3.05) is 18.6 Å². The standard InChI is InChI=1S/C16H25NO2S/c1-12-4-5-14(13(2)10-12)6-7-16(19)17-15(8-9-18)11-20-3/h4-5,10,15,18H,6-9,11H2,1-3H3,(H,17,19)/t15-/m0/s1. The number of amides is 1. The topological polar surface area (TPSA) is 49.3 Å². The van der Waals surface area contributed by atoms with Crippen molar-refractivity contribution in [2.45, 2.75) is 39.2 Å². The number of carbonyl (C=O) groups excluding carboxylic acids is 1. The van der Waals surface area contributed by atoms with Crippen LogP contribution < -0.4 is 5.32 Å². The number of nitrogens with one attached hydrogen (secondary N) is 1. The third-order valence-corrected chi connectivity index (χ3v) is 4.07. The van der Waals surface area contributed by atoms with Crippen molar-refractivity contribution in [2.24, 2.45) is 0 Å². The number of hydrogen-bond acceptors (Lipinski definition) is 3. The number of rotatable bonds is 8. The van der Waals surface area contributed by atoms with Crippen LogP contribution >= 0.6 is 11.8 Å². The Morgan fingerprint density at radius 2 is 2.15 bits per heavy atom. The highest BCUT2D eigenvalue weighted by atomic mass is 32.2. The molecule has 0 aliphatic rings.